The first-order valence-corrected chi connectivity index (χ1v) is 8.31. The van der Waals surface area contributed by atoms with Crippen molar-refractivity contribution in [2.45, 2.75) is 19.1 Å². The van der Waals surface area contributed by atoms with Crippen molar-refractivity contribution in [3.05, 3.63) is 53.1 Å². The number of ether oxygens (including phenoxy) is 3. The SMILES string of the molecule is COc1cc(C(=O)NC(C(=O)O)c2ccc3c(c2)CCO3)ccc1OC(F)F. The smallest absolute Gasteiger partial charge is 0.387 e. The van der Waals surface area contributed by atoms with Gasteiger partial charge < -0.3 is 24.6 Å². The summed E-state index contributed by atoms with van der Waals surface area (Å²) in [5.41, 5.74) is 1.30. The molecule has 9 heteroatoms. The van der Waals surface area contributed by atoms with Crippen molar-refractivity contribution in [1.29, 1.82) is 0 Å². The highest BCUT2D eigenvalue weighted by Gasteiger charge is 2.25. The van der Waals surface area contributed by atoms with Crippen LogP contribution >= 0.6 is 0 Å². The Balaban J connectivity index is 1.82. The van der Waals surface area contributed by atoms with Crippen LogP contribution in [0.2, 0.25) is 0 Å². The Kier molecular flexibility index (Phi) is 5.62. The van der Waals surface area contributed by atoms with Gasteiger partial charge in [0.1, 0.15) is 5.75 Å². The van der Waals surface area contributed by atoms with Crippen molar-refractivity contribution >= 4 is 11.9 Å². The quantitative estimate of drug-likeness (QED) is 0.751. The molecule has 2 aromatic rings. The van der Waals surface area contributed by atoms with Crippen LogP contribution in [0, 0.1) is 0 Å². The Hall–Kier alpha value is -3.36. The fourth-order valence-corrected chi connectivity index (χ4v) is 2.89. The lowest BCUT2D eigenvalue weighted by Crippen LogP contribution is -2.33. The first-order valence-electron chi connectivity index (χ1n) is 8.31. The van der Waals surface area contributed by atoms with E-state index in [0.717, 1.165) is 11.6 Å². The summed E-state index contributed by atoms with van der Waals surface area (Å²) < 4.78 is 39.5. The number of carboxylic acids is 1. The second-order valence-corrected chi connectivity index (χ2v) is 5.95. The molecule has 0 fully saturated rings. The molecule has 0 radical (unpaired) electrons. The molecule has 1 unspecified atom stereocenters. The number of hydrogen-bond donors (Lipinski definition) is 2. The van der Waals surface area contributed by atoms with Crippen molar-refractivity contribution < 1.29 is 37.7 Å². The minimum atomic E-state index is -3.05. The van der Waals surface area contributed by atoms with Crippen molar-refractivity contribution in [3.8, 4) is 17.2 Å². The van der Waals surface area contributed by atoms with Gasteiger partial charge in [-0.05, 0) is 41.5 Å². The Morgan fingerprint density at radius 2 is 1.96 bits per heavy atom. The molecule has 0 aliphatic carbocycles. The molecule has 0 saturated heterocycles. The number of halogens is 2. The zero-order chi connectivity index (χ0) is 20.3. The average Bonchev–Trinajstić information content (AvgIpc) is 3.13. The molecule has 0 aromatic heterocycles. The first-order chi connectivity index (χ1) is 13.4. The Labute approximate surface area is 158 Å². The van der Waals surface area contributed by atoms with Crippen molar-refractivity contribution in [2.24, 2.45) is 0 Å². The zero-order valence-corrected chi connectivity index (χ0v) is 14.8. The van der Waals surface area contributed by atoms with E-state index in [-0.39, 0.29) is 17.1 Å². The number of carboxylic acid groups (broad SMARTS) is 1. The van der Waals surface area contributed by atoms with Gasteiger partial charge in [0, 0.05) is 12.0 Å². The third-order valence-electron chi connectivity index (χ3n) is 4.21. The highest BCUT2D eigenvalue weighted by molar-refractivity contribution is 5.97. The van der Waals surface area contributed by atoms with E-state index in [1.54, 1.807) is 18.2 Å². The number of hydrogen-bond acceptors (Lipinski definition) is 5. The maximum absolute atomic E-state index is 12.5. The first kappa shape index (κ1) is 19.4. The molecule has 2 aromatic carbocycles. The molecule has 1 atom stereocenters. The van der Waals surface area contributed by atoms with Crippen molar-refractivity contribution in [1.82, 2.24) is 5.32 Å². The number of rotatable bonds is 7. The van der Waals surface area contributed by atoms with E-state index in [0.29, 0.717) is 24.3 Å². The molecule has 0 saturated carbocycles. The zero-order valence-electron chi connectivity index (χ0n) is 14.8. The second kappa shape index (κ2) is 8.12. The number of nitrogens with one attached hydrogen (secondary N) is 1. The minimum Gasteiger partial charge on any atom is -0.493 e. The number of alkyl halides is 2. The van der Waals surface area contributed by atoms with E-state index in [1.807, 2.05) is 0 Å². The largest absolute Gasteiger partial charge is 0.493 e. The van der Waals surface area contributed by atoms with E-state index in [4.69, 9.17) is 9.47 Å². The average molecular weight is 393 g/mol. The van der Waals surface area contributed by atoms with Crippen LogP contribution in [0.4, 0.5) is 8.78 Å². The lowest BCUT2D eigenvalue weighted by molar-refractivity contribution is -0.139. The lowest BCUT2D eigenvalue weighted by Gasteiger charge is -2.17. The molecule has 28 heavy (non-hydrogen) atoms. The van der Waals surface area contributed by atoms with E-state index >= 15 is 0 Å². The summed E-state index contributed by atoms with van der Waals surface area (Å²) in [6.07, 6.45) is 0.659. The van der Waals surface area contributed by atoms with Gasteiger partial charge in [0.05, 0.1) is 13.7 Å². The number of aliphatic carboxylic acids is 1. The minimum absolute atomic E-state index is 0.0363. The Morgan fingerprint density at radius 3 is 2.64 bits per heavy atom. The van der Waals surface area contributed by atoms with Crippen LogP contribution in [0.1, 0.15) is 27.5 Å². The fourth-order valence-electron chi connectivity index (χ4n) is 2.89. The number of carbonyl (C=O) groups is 2. The molecule has 1 amide bonds. The van der Waals surface area contributed by atoms with E-state index in [1.165, 1.54) is 19.2 Å². The fraction of sp³-hybridized carbons (Fsp3) is 0.263. The summed E-state index contributed by atoms with van der Waals surface area (Å²) in [5, 5.41) is 12.0. The highest BCUT2D eigenvalue weighted by atomic mass is 19.3. The van der Waals surface area contributed by atoms with Gasteiger partial charge in [0.2, 0.25) is 0 Å². The standard InChI is InChI=1S/C19H17F2NO6/c1-26-15-9-12(3-5-14(15)28-19(20)21)17(23)22-16(18(24)25)11-2-4-13-10(8-11)6-7-27-13/h2-5,8-9,16,19H,6-7H2,1H3,(H,22,23)(H,24,25). The van der Waals surface area contributed by atoms with Gasteiger partial charge >= 0.3 is 12.6 Å². The van der Waals surface area contributed by atoms with Gasteiger partial charge in [-0.15, -0.1) is 0 Å². The maximum atomic E-state index is 12.5. The van der Waals surface area contributed by atoms with Gasteiger partial charge in [-0.25, -0.2) is 4.79 Å². The molecule has 0 bridgehead atoms. The van der Waals surface area contributed by atoms with E-state index in [2.05, 4.69) is 10.1 Å². The molecule has 148 valence electrons. The Morgan fingerprint density at radius 1 is 1.18 bits per heavy atom. The number of fused-ring (bicyclic) bond motifs is 1. The summed E-state index contributed by atoms with van der Waals surface area (Å²) >= 11 is 0. The van der Waals surface area contributed by atoms with Crippen LogP contribution in [0.15, 0.2) is 36.4 Å². The molecule has 3 rings (SSSR count). The van der Waals surface area contributed by atoms with Crippen LogP contribution in [0.3, 0.4) is 0 Å². The second-order valence-electron chi connectivity index (χ2n) is 5.95. The van der Waals surface area contributed by atoms with Crippen LogP contribution in [-0.2, 0) is 11.2 Å². The number of methoxy groups -OCH3 is 1. The molecule has 1 aliphatic rings. The lowest BCUT2D eigenvalue weighted by atomic mass is 10.0. The number of amides is 1. The highest BCUT2D eigenvalue weighted by Crippen LogP contribution is 2.31. The normalized spacial score (nSPS) is 13.4. The molecule has 7 nitrogen and oxygen atoms in total. The van der Waals surface area contributed by atoms with Gasteiger partial charge in [0.15, 0.2) is 17.5 Å². The summed E-state index contributed by atoms with van der Waals surface area (Å²) in [5.74, 6) is -1.56. The van der Waals surface area contributed by atoms with Crippen molar-refractivity contribution in [3.63, 3.8) is 0 Å². The molecule has 1 aliphatic heterocycles. The molecule has 1 heterocycles. The predicted molar refractivity (Wildman–Crippen MR) is 93.1 cm³/mol. The third kappa shape index (κ3) is 4.13. The number of benzene rings is 2. The summed E-state index contributed by atoms with van der Waals surface area (Å²) in [4.78, 5) is 24.2. The van der Waals surface area contributed by atoms with Gasteiger partial charge in [-0.3, -0.25) is 4.79 Å². The van der Waals surface area contributed by atoms with Crippen LogP contribution in [0.5, 0.6) is 17.2 Å². The topological polar surface area (TPSA) is 94.1 Å². The van der Waals surface area contributed by atoms with Crippen molar-refractivity contribution in [2.75, 3.05) is 13.7 Å². The Bertz CT molecular complexity index is 902. The monoisotopic (exact) mass is 393 g/mol. The van der Waals surface area contributed by atoms with Crippen LogP contribution in [0.25, 0.3) is 0 Å². The van der Waals surface area contributed by atoms with Crippen LogP contribution in [-0.4, -0.2) is 37.3 Å². The summed E-state index contributed by atoms with van der Waals surface area (Å²) in [6.45, 7) is -2.52. The summed E-state index contributed by atoms with van der Waals surface area (Å²) in [7, 11) is 1.24. The molecule has 2 N–H and O–H groups in total. The van der Waals surface area contributed by atoms with Gasteiger partial charge in [-0.1, -0.05) is 6.07 Å². The van der Waals surface area contributed by atoms with Gasteiger partial charge in [0.25, 0.3) is 5.91 Å². The maximum Gasteiger partial charge on any atom is 0.387 e. The van der Waals surface area contributed by atoms with Gasteiger partial charge in [-0.2, -0.15) is 8.78 Å². The number of carbonyl (C=O) groups excluding carboxylic acids is 1. The third-order valence-corrected chi connectivity index (χ3v) is 4.21. The predicted octanol–water partition coefficient (Wildman–Crippen LogP) is 2.79. The van der Waals surface area contributed by atoms with E-state index < -0.39 is 24.5 Å². The van der Waals surface area contributed by atoms with Crippen LogP contribution < -0.4 is 19.5 Å². The molecular formula is C19H17F2NO6. The molecular weight excluding hydrogens is 376 g/mol. The van der Waals surface area contributed by atoms with E-state index in [9.17, 15) is 23.5 Å². The summed E-state index contributed by atoms with van der Waals surface area (Å²) in [6, 6.07) is 7.22. The molecule has 0 spiro atoms.